The van der Waals surface area contributed by atoms with E-state index in [0.717, 1.165) is 11.1 Å². The van der Waals surface area contributed by atoms with Crippen molar-refractivity contribution in [2.24, 2.45) is 0 Å². The number of carbonyl (C=O) groups is 2. The number of nitrogens with one attached hydrogen (secondary N) is 1. The smallest absolute Gasteiger partial charge is 0.319 e. The standard InChI is InChI=1S/C21H21N3O2/c1-14(2)17-7-9-18(10-8-17)21(3)19(25)24(20(26)23-21)13-16-6-4-5-15(11-16)12-22/h4-11,14H,13H2,1-3H3,(H,23,26)/t21-/m1/s1. The van der Waals surface area contributed by atoms with E-state index in [1.807, 2.05) is 24.3 Å². The number of imide groups is 1. The summed E-state index contributed by atoms with van der Waals surface area (Å²) in [7, 11) is 0. The van der Waals surface area contributed by atoms with Crippen LogP contribution in [0.2, 0.25) is 0 Å². The molecule has 1 atom stereocenters. The van der Waals surface area contributed by atoms with E-state index < -0.39 is 11.6 Å². The Labute approximate surface area is 153 Å². The van der Waals surface area contributed by atoms with Crippen molar-refractivity contribution in [3.63, 3.8) is 0 Å². The van der Waals surface area contributed by atoms with Crippen LogP contribution in [0.4, 0.5) is 4.79 Å². The molecule has 5 heteroatoms. The highest BCUT2D eigenvalue weighted by Crippen LogP contribution is 2.30. The molecule has 2 aromatic carbocycles. The van der Waals surface area contributed by atoms with E-state index in [0.29, 0.717) is 11.5 Å². The molecular weight excluding hydrogens is 326 g/mol. The molecule has 1 aliphatic heterocycles. The van der Waals surface area contributed by atoms with E-state index in [4.69, 9.17) is 5.26 Å². The fraction of sp³-hybridized carbons (Fsp3) is 0.286. The van der Waals surface area contributed by atoms with Gasteiger partial charge in [0.15, 0.2) is 0 Å². The molecule has 1 N–H and O–H groups in total. The van der Waals surface area contributed by atoms with Crippen molar-refractivity contribution in [1.29, 1.82) is 5.26 Å². The van der Waals surface area contributed by atoms with Crippen LogP contribution in [-0.2, 0) is 16.9 Å². The molecule has 1 aliphatic rings. The van der Waals surface area contributed by atoms with Crippen molar-refractivity contribution in [3.8, 4) is 6.07 Å². The first-order valence-corrected chi connectivity index (χ1v) is 8.58. The maximum absolute atomic E-state index is 13.0. The van der Waals surface area contributed by atoms with Crippen molar-refractivity contribution in [2.75, 3.05) is 0 Å². The van der Waals surface area contributed by atoms with Crippen molar-refractivity contribution in [1.82, 2.24) is 10.2 Å². The molecule has 0 unspecified atom stereocenters. The van der Waals surface area contributed by atoms with Gasteiger partial charge in [-0.25, -0.2) is 4.79 Å². The summed E-state index contributed by atoms with van der Waals surface area (Å²) in [5.41, 5.74) is 2.10. The zero-order valence-electron chi connectivity index (χ0n) is 15.1. The van der Waals surface area contributed by atoms with E-state index in [1.165, 1.54) is 10.5 Å². The Morgan fingerprint density at radius 1 is 1.15 bits per heavy atom. The van der Waals surface area contributed by atoms with Crippen LogP contribution in [0.15, 0.2) is 48.5 Å². The number of carbonyl (C=O) groups excluding carboxylic acids is 2. The van der Waals surface area contributed by atoms with Gasteiger partial charge in [-0.2, -0.15) is 5.26 Å². The number of nitrogens with zero attached hydrogens (tertiary/aromatic N) is 2. The Balaban J connectivity index is 1.86. The molecule has 26 heavy (non-hydrogen) atoms. The quantitative estimate of drug-likeness (QED) is 0.858. The first-order valence-electron chi connectivity index (χ1n) is 8.58. The summed E-state index contributed by atoms with van der Waals surface area (Å²) in [6.07, 6.45) is 0. The summed E-state index contributed by atoms with van der Waals surface area (Å²) >= 11 is 0. The summed E-state index contributed by atoms with van der Waals surface area (Å²) in [5.74, 6) is 0.108. The Morgan fingerprint density at radius 3 is 2.46 bits per heavy atom. The monoisotopic (exact) mass is 347 g/mol. The molecule has 1 fully saturated rings. The maximum Gasteiger partial charge on any atom is 0.325 e. The third kappa shape index (κ3) is 3.06. The third-order valence-corrected chi connectivity index (χ3v) is 4.83. The zero-order chi connectivity index (χ0) is 18.9. The maximum atomic E-state index is 13.0. The van der Waals surface area contributed by atoms with Gasteiger partial charge >= 0.3 is 6.03 Å². The second-order valence-electron chi connectivity index (χ2n) is 7.04. The SMILES string of the molecule is CC(C)c1ccc([C@@]2(C)NC(=O)N(Cc3cccc(C#N)c3)C2=O)cc1. The largest absolute Gasteiger partial charge is 0.325 e. The second kappa shape index (κ2) is 6.64. The third-order valence-electron chi connectivity index (χ3n) is 4.83. The Kier molecular flexibility index (Phi) is 4.52. The normalized spacial score (nSPS) is 19.6. The van der Waals surface area contributed by atoms with Crippen LogP contribution >= 0.6 is 0 Å². The number of rotatable bonds is 4. The molecule has 0 aliphatic carbocycles. The van der Waals surface area contributed by atoms with Gasteiger partial charge in [-0.1, -0.05) is 50.2 Å². The Morgan fingerprint density at radius 2 is 1.85 bits per heavy atom. The molecule has 0 bridgehead atoms. The molecule has 3 amide bonds. The van der Waals surface area contributed by atoms with Gasteiger partial charge in [0, 0.05) is 0 Å². The van der Waals surface area contributed by atoms with Gasteiger partial charge in [-0.05, 0) is 41.7 Å². The fourth-order valence-corrected chi connectivity index (χ4v) is 3.16. The lowest BCUT2D eigenvalue weighted by Gasteiger charge is -2.23. The van der Waals surface area contributed by atoms with Crippen LogP contribution in [0, 0.1) is 11.3 Å². The van der Waals surface area contributed by atoms with Crippen LogP contribution in [0.3, 0.4) is 0 Å². The number of urea groups is 1. The van der Waals surface area contributed by atoms with Crippen LogP contribution in [-0.4, -0.2) is 16.8 Å². The minimum Gasteiger partial charge on any atom is -0.319 e. The van der Waals surface area contributed by atoms with E-state index in [9.17, 15) is 9.59 Å². The lowest BCUT2D eigenvalue weighted by Crippen LogP contribution is -2.40. The number of amides is 3. The average molecular weight is 347 g/mol. The first kappa shape index (κ1) is 17.7. The average Bonchev–Trinajstić information content (AvgIpc) is 2.86. The molecule has 3 rings (SSSR count). The molecule has 5 nitrogen and oxygen atoms in total. The van der Waals surface area contributed by atoms with E-state index in [1.54, 1.807) is 31.2 Å². The van der Waals surface area contributed by atoms with Crippen LogP contribution in [0.25, 0.3) is 0 Å². The van der Waals surface area contributed by atoms with Gasteiger partial charge in [0.05, 0.1) is 18.2 Å². The predicted octanol–water partition coefficient (Wildman–Crippen LogP) is 3.65. The van der Waals surface area contributed by atoms with Gasteiger partial charge in [-0.3, -0.25) is 9.69 Å². The second-order valence-corrected chi connectivity index (χ2v) is 7.04. The predicted molar refractivity (Wildman–Crippen MR) is 98.1 cm³/mol. The van der Waals surface area contributed by atoms with Crippen LogP contribution in [0.5, 0.6) is 0 Å². The number of nitriles is 1. The van der Waals surface area contributed by atoms with Gasteiger partial charge in [0.2, 0.25) is 0 Å². The highest BCUT2D eigenvalue weighted by atomic mass is 16.2. The topological polar surface area (TPSA) is 73.2 Å². The number of benzene rings is 2. The zero-order valence-corrected chi connectivity index (χ0v) is 15.1. The Hall–Kier alpha value is -3.13. The molecule has 0 saturated carbocycles. The highest BCUT2D eigenvalue weighted by Gasteiger charge is 2.48. The lowest BCUT2D eigenvalue weighted by molar-refractivity contribution is -0.131. The van der Waals surface area contributed by atoms with Crippen molar-refractivity contribution in [3.05, 3.63) is 70.8 Å². The van der Waals surface area contributed by atoms with Gasteiger partial charge < -0.3 is 5.32 Å². The molecule has 0 aromatic heterocycles. The van der Waals surface area contributed by atoms with E-state index in [-0.39, 0.29) is 12.5 Å². The van der Waals surface area contributed by atoms with Crippen LogP contribution in [0.1, 0.15) is 48.9 Å². The molecule has 2 aromatic rings. The van der Waals surface area contributed by atoms with Gasteiger partial charge in [0.1, 0.15) is 5.54 Å². The molecule has 1 heterocycles. The van der Waals surface area contributed by atoms with Crippen LogP contribution < -0.4 is 5.32 Å². The minimum atomic E-state index is -1.08. The number of hydrogen-bond acceptors (Lipinski definition) is 3. The molecule has 1 saturated heterocycles. The molecule has 132 valence electrons. The summed E-state index contributed by atoms with van der Waals surface area (Å²) in [6, 6.07) is 16.3. The van der Waals surface area contributed by atoms with Gasteiger partial charge in [-0.15, -0.1) is 0 Å². The lowest BCUT2D eigenvalue weighted by atomic mass is 9.90. The molecular formula is C21H21N3O2. The van der Waals surface area contributed by atoms with E-state index >= 15 is 0 Å². The first-order chi connectivity index (χ1) is 12.3. The Bertz CT molecular complexity index is 896. The minimum absolute atomic E-state index is 0.139. The summed E-state index contributed by atoms with van der Waals surface area (Å²) in [6.45, 7) is 6.08. The van der Waals surface area contributed by atoms with Crippen molar-refractivity contribution in [2.45, 2.75) is 38.8 Å². The van der Waals surface area contributed by atoms with E-state index in [2.05, 4.69) is 25.2 Å². The summed E-state index contributed by atoms with van der Waals surface area (Å²) < 4.78 is 0. The summed E-state index contributed by atoms with van der Waals surface area (Å²) in [4.78, 5) is 26.6. The summed E-state index contributed by atoms with van der Waals surface area (Å²) in [5, 5.41) is 11.8. The molecule has 0 radical (unpaired) electrons. The highest BCUT2D eigenvalue weighted by molar-refractivity contribution is 6.07. The fourth-order valence-electron chi connectivity index (χ4n) is 3.16. The van der Waals surface area contributed by atoms with Gasteiger partial charge in [0.25, 0.3) is 5.91 Å². The van der Waals surface area contributed by atoms with Crippen molar-refractivity contribution < 1.29 is 9.59 Å². The molecule has 0 spiro atoms. The van der Waals surface area contributed by atoms with Crippen molar-refractivity contribution >= 4 is 11.9 Å². The number of hydrogen-bond donors (Lipinski definition) is 1.